The largest absolute Gasteiger partial charge is 0.478 e. The number of aryl methyl sites for hydroxylation is 2. The minimum absolute atomic E-state index is 0.0772. The molecule has 0 unspecified atom stereocenters. The summed E-state index contributed by atoms with van der Waals surface area (Å²) in [6, 6.07) is 0. The highest BCUT2D eigenvalue weighted by Gasteiger charge is 2.21. The predicted octanol–water partition coefficient (Wildman–Crippen LogP) is 0.0493. The van der Waals surface area contributed by atoms with Crippen molar-refractivity contribution in [3.05, 3.63) is 35.9 Å². The van der Waals surface area contributed by atoms with Crippen LogP contribution in [0.2, 0.25) is 0 Å². The van der Waals surface area contributed by atoms with E-state index >= 15 is 0 Å². The van der Waals surface area contributed by atoms with Gasteiger partial charge >= 0.3 is 5.97 Å². The van der Waals surface area contributed by atoms with Gasteiger partial charge < -0.3 is 10.0 Å². The molecular formula is C16H22N6O3. The molecule has 1 aliphatic heterocycles. The number of aromatic carboxylic acids is 1. The monoisotopic (exact) mass is 346 g/mol. The molecule has 9 nitrogen and oxygen atoms in total. The van der Waals surface area contributed by atoms with Crippen molar-refractivity contribution in [2.24, 2.45) is 7.05 Å². The fourth-order valence-electron chi connectivity index (χ4n) is 2.93. The van der Waals surface area contributed by atoms with Gasteiger partial charge in [-0.3, -0.25) is 19.1 Å². The summed E-state index contributed by atoms with van der Waals surface area (Å²) < 4.78 is 3.29. The smallest absolute Gasteiger partial charge is 0.338 e. The minimum Gasteiger partial charge on any atom is -0.478 e. The van der Waals surface area contributed by atoms with Gasteiger partial charge in [0.25, 0.3) is 0 Å². The Bertz CT molecular complexity index is 745. The van der Waals surface area contributed by atoms with Crippen molar-refractivity contribution in [3.63, 3.8) is 0 Å². The van der Waals surface area contributed by atoms with Crippen LogP contribution in [0.3, 0.4) is 0 Å². The Balaban J connectivity index is 1.42. The van der Waals surface area contributed by atoms with Crippen LogP contribution < -0.4 is 0 Å². The molecule has 1 aliphatic rings. The average molecular weight is 346 g/mol. The Morgan fingerprint density at radius 3 is 2.48 bits per heavy atom. The van der Waals surface area contributed by atoms with Crippen LogP contribution in [0.1, 0.15) is 22.3 Å². The Kier molecular flexibility index (Phi) is 5.13. The molecule has 0 bridgehead atoms. The molecule has 0 aliphatic carbocycles. The van der Waals surface area contributed by atoms with E-state index in [2.05, 4.69) is 15.1 Å². The lowest BCUT2D eigenvalue weighted by molar-refractivity contribution is -0.133. The number of amides is 1. The third-order valence-electron chi connectivity index (χ3n) is 4.32. The molecule has 1 saturated heterocycles. The van der Waals surface area contributed by atoms with Gasteiger partial charge in [0.1, 0.15) is 0 Å². The summed E-state index contributed by atoms with van der Waals surface area (Å²) in [7, 11) is 1.90. The van der Waals surface area contributed by atoms with Gasteiger partial charge in [-0.2, -0.15) is 10.2 Å². The van der Waals surface area contributed by atoms with Gasteiger partial charge in [0, 0.05) is 70.7 Å². The molecular weight excluding hydrogens is 324 g/mol. The summed E-state index contributed by atoms with van der Waals surface area (Å²) in [6.07, 6.45) is 6.94. The number of carboxylic acids is 1. The first-order valence-corrected chi connectivity index (χ1v) is 8.24. The molecule has 134 valence electrons. The van der Waals surface area contributed by atoms with E-state index in [1.807, 2.05) is 24.3 Å². The molecule has 1 N–H and O–H groups in total. The van der Waals surface area contributed by atoms with Gasteiger partial charge in [0.05, 0.1) is 18.0 Å². The molecule has 25 heavy (non-hydrogen) atoms. The highest BCUT2D eigenvalue weighted by Crippen LogP contribution is 2.09. The number of rotatable bonds is 6. The number of nitrogens with zero attached hydrogens (tertiary/aromatic N) is 6. The van der Waals surface area contributed by atoms with Crippen LogP contribution in [0, 0.1) is 0 Å². The maximum atomic E-state index is 12.3. The van der Waals surface area contributed by atoms with E-state index in [4.69, 9.17) is 5.11 Å². The maximum absolute atomic E-state index is 12.3. The zero-order valence-electron chi connectivity index (χ0n) is 14.2. The van der Waals surface area contributed by atoms with Crippen LogP contribution in [0.5, 0.6) is 0 Å². The first kappa shape index (κ1) is 17.2. The van der Waals surface area contributed by atoms with E-state index in [-0.39, 0.29) is 11.5 Å². The summed E-state index contributed by atoms with van der Waals surface area (Å²) in [4.78, 5) is 27.3. The molecule has 3 heterocycles. The molecule has 1 amide bonds. The number of carbonyl (C=O) groups excluding carboxylic acids is 1. The Hall–Kier alpha value is -2.68. The third kappa shape index (κ3) is 4.44. The van der Waals surface area contributed by atoms with E-state index in [1.165, 1.54) is 22.6 Å². The fourth-order valence-corrected chi connectivity index (χ4v) is 2.93. The molecule has 2 aromatic rings. The standard InChI is InChI=1S/C16H22N6O3/c1-19-10-13(8-17-19)11-20-4-6-21(7-5-20)15(23)2-3-22-12-14(9-18-22)16(24)25/h8-10,12H,2-7,11H2,1H3,(H,24,25). The summed E-state index contributed by atoms with van der Waals surface area (Å²) in [5.74, 6) is -0.935. The Labute approximate surface area is 145 Å². The molecule has 0 spiro atoms. The minimum atomic E-state index is -1.01. The van der Waals surface area contributed by atoms with Gasteiger partial charge in [-0.25, -0.2) is 4.79 Å². The van der Waals surface area contributed by atoms with Crippen molar-refractivity contribution >= 4 is 11.9 Å². The van der Waals surface area contributed by atoms with E-state index < -0.39 is 5.97 Å². The van der Waals surface area contributed by atoms with Crippen molar-refractivity contribution in [1.82, 2.24) is 29.4 Å². The second-order valence-electron chi connectivity index (χ2n) is 6.23. The van der Waals surface area contributed by atoms with Gasteiger partial charge in [-0.15, -0.1) is 0 Å². The zero-order valence-corrected chi connectivity index (χ0v) is 14.2. The average Bonchev–Trinajstić information content (AvgIpc) is 3.22. The normalized spacial score (nSPS) is 15.5. The van der Waals surface area contributed by atoms with Gasteiger partial charge in [-0.1, -0.05) is 0 Å². The lowest BCUT2D eigenvalue weighted by Crippen LogP contribution is -2.48. The van der Waals surface area contributed by atoms with Gasteiger partial charge in [0.15, 0.2) is 0 Å². The Morgan fingerprint density at radius 2 is 1.88 bits per heavy atom. The number of piperazine rings is 1. The number of hydrogen-bond acceptors (Lipinski definition) is 5. The van der Waals surface area contributed by atoms with Crippen LogP contribution in [-0.2, 0) is 24.9 Å². The van der Waals surface area contributed by atoms with E-state index in [0.717, 1.165) is 19.6 Å². The van der Waals surface area contributed by atoms with E-state index in [1.54, 1.807) is 4.68 Å². The van der Waals surface area contributed by atoms with Crippen molar-refractivity contribution in [2.45, 2.75) is 19.5 Å². The quantitative estimate of drug-likeness (QED) is 0.794. The molecule has 2 aromatic heterocycles. The first-order chi connectivity index (χ1) is 12.0. The fraction of sp³-hybridized carbons (Fsp3) is 0.500. The highest BCUT2D eigenvalue weighted by atomic mass is 16.4. The summed E-state index contributed by atoms with van der Waals surface area (Å²) in [5.41, 5.74) is 1.31. The van der Waals surface area contributed by atoms with Crippen LogP contribution in [-0.4, -0.2) is 72.5 Å². The highest BCUT2D eigenvalue weighted by molar-refractivity contribution is 5.86. The summed E-state index contributed by atoms with van der Waals surface area (Å²) in [5, 5.41) is 17.0. The lowest BCUT2D eigenvalue weighted by Gasteiger charge is -2.34. The second kappa shape index (κ2) is 7.47. The molecule has 1 fully saturated rings. The first-order valence-electron chi connectivity index (χ1n) is 8.24. The number of carbonyl (C=O) groups is 2. The lowest BCUT2D eigenvalue weighted by atomic mass is 10.2. The van der Waals surface area contributed by atoms with Gasteiger partial charge in [0.2, 0.25) is 5.91 Å². The van der Waals surface area contributed by atoms with E-state index in [0.29, 0.717) is 26.1 Å². The van der Waals surface area contributed by atoms with Crippen LogP contribution in [0.15, 0.2) is 24.8 Å². The topological polar surface area (TPSA) is 96.5 Å². The molecule has 9 heteroatoms. The number of hydrogen-bond donors (Lipinski definition) is 1. The zero-order chi connectivity index (χ0) is 17.8. The molecule has 0 saturated carbocycles. The predicted molar refractivity (Wildman–Crippen MR) is 88.9 cm³/mol. The summed E-state index contributed by atoms with van der Waals surface area (Å²) in [6.45, 7) is 4.33. The molecule has 3 rings (SSSR count). The van der Waals surface area contributed by atoms with Crippen molar-refractivity contribution in [1.29, 1.82) is 0 Å². The van der Waals surface area contributed by atoms with Gasteiger partial charge in [-0.05, 0) is 0 Å². The van der Waals surface area contributed by atoms with E-state index in [9.17, 15) is 9.59 Å². The third-order valence-corrected chi connectivity index (χ3v) is 4.32. The summed E-state index contributed by atoms with van der Waals surface area (Å²) >= 11 is 0. The van der Waals surface area contributed by atoms with Crippen molar-refractivity contribution < 1.29 is 14.7 Å². The molecule has 0 aromatic carbocycles. The van der Waals surface area contributed by atoms with Crippen LogP contribution in [0.4, 0.5) is 0 Å². The second-order valence-corrected chi connectivity index (χ2v) is 6.23. The number of carboxylic acid groups (broad SMARTS) is 1. The van der Waals surface area contributed by atoms with Crippen LogP contribution >= 0.6 is 0 Å². The van der Waals surface area contributed by atoms with Crippen molar-refractivity contribution in [3.8, 4) is 0 Å². The SMILES string of the molecule is Cn1cc(CN2CCN(C(=O)CCn3cc(C(=O)O)cn3)CC2)cn1. The molecule has 0 radical (unpaired) electrons. The van der Waals surface area contributed by atoms with Crippen molar-refractivity contribution in [2.75, 3.05) is 26.2 Å². The molecule has 0 atom stereocenters. The number of aromatic nitrogens is 4. The maximum Gasteiger partial charge on any atom is 0.338 e. The Morgan fingerprint density at radius 1 is 1.12 bits per heavy atom. The van der Waals surface area contributed by atoms with Crippen LogP contribution in [0.25, 0.3) is 0 Å².